The lowest BCUT2D eigenvalue weighted by Crippen LogP contribution is -2.29. The highest BCUT2D eigenvalue weighted by molar-refractivity contribution is 6.44. The Balaban J connectivity index is 2.05. The van der Waals surface area contributed by atoms with E-state index in [1.54, 1.807) is 24.3 Å². The molecule has 6 heteroatoms. The predicted octanol–water partition coefficient (Wildman–Crippen LogP) is 3.12. The van der Waals surface area contributed by atoms with Gasteiger partial charge in [-0.05, 0) is 55.3 Å². The number of nitrogen functional groups attached to an aromatic ring is 1. The van der Waals surface area contributed by atoms with E-state index in [-0.39, 0.29) is 5.02 Å². The molecular formula is C16H16ClN3O2. The molecule has 5 nitrogen and oxygen atoms in total. The predicted molar refractivity (Wildman–Crippen MR) is 89.0 cm³/mol. The van der Waals surface area contributed by atoms with Crippen molar-refractivity contribution in [1.82, 2.24) is 0 Å². The van der Waals surface area contributed by atoms with Crippen LogP contribution in [0.2, 0.25) is 5.02 Å². The number of nitrogens with two attached hydrogens (primary N) is 1. The van der Waals surface area contributed by atoms with Crippen molar-refractivity contribution in [2.24, 2.45) is 0 Å². The molecule has 0 bridgehead atoms. The van der Waals surface area contributed by atoms with Gasteiger partial charge >= 0.3 is 11.8 Å². The summed E-state index contributed by atoms with van der Waals surface area (Å²) in [6.45, 7) is 3.90. The molecule has 0 heterocycles. The second-order valence-corrected chi connectivity index (χ2v) is 5.35. The first-order valence-electron chi connectivity index (χ1n) is 6.61. The zero-order valence-electron chi connectivity index (χ0n) is 12.2. The number of carbonyl (C=O) groups is 2. The van der Waals surface area contributed by atoms with Crippen molar-refractivity contribution in [3.63, 3.8) is 0 Å². The van der Waals surface area contributed by atoms with Gasteiger partial charge in [-0.1, -0.05) is 17.7 Å². The van der Waals surface area contributed by atoms with Gasteiger partial charge in [-0.3, -0.25) is 9.59 Å². The van der Waals surface area contributed by atoms with E-state index in [1.165, 1.54) is 6.07 Å². The van der Waals surface area contributed by atoms with Crippen LogP contribution >= 0.6 is 11.6 Å². The minimum absolute atomic E-state index is 0.271. The van der Waals surface area contributed by atoms with E-state index in [2.05, 4.69) is 10.6 Å². The number of aryl methyl sites for hydroxylation is 2. The van der Waals surface area contributed by atoms with Crippen LogP contribution < -0.4 is 16.4 Å². The molecule has 0 spiro atoms. The van der Waals surface area contributed by atoms with Gasteiger partial charge < -0.3 is 16.4 Å². The molecule has 2 aromatic rings. The number of halogens is 1. The highest BCUT2D eigenvalue weighted by atomic mass is 35.5. The lowest BCUT2D eigenvalue weighted by molar-refractivity contribution is -0.132. The van der Waals surface area contributed by atoms with Gasteiger partial charge in [0.15, 0.2) is 0 Å². The van der Waals surface area contributed by atoms with Gasteiger partial charge in [-0.2, -0.15) is 0 Å². The molecule has 0 unspecified atom stereocenters. The minimum Gasteiger partial charge on any atom is -0.399 e. The molecule has 2 amide bonds. The molecule has 2 rings (SSSR count). The third kappa shape index (κ3) is 3.77. The number of hydrogen-bond donors (Lipinski definition) is 3. The number of benzene rings is 2. The van der Waals surface area contributed by atoms with Crippen molar-refractivity contribution >= 4 is 40.5 Å². The summed E-state index contributed by atoms with van der Waals surface area (Å²) in [6, 6.07) is 10.0. The van der Waals surface area contributed by atoms with E-state index < -0.39 is 11.8 Å². The maximum absolute atomic E-state index is 11.9. The Morgan fingerprint density at radius 3 is 2.27 bits per heavy atom. The number of carbonyl (C=O) groups excluding carboxylic acids is 2. The summed E-state index contributed by atoms with van der Waals surface area (Å²) in [5.41, 5.74) is 9.07. The summed E-state index contributed by atoms with van der Waals surface area (Å²) < 4.78 is 0. The Labute approximate surface area is 133 Å². The fraction of sp³-hybridized carbons (Fsp3) is 0.125. The SMILES string of the molecule is Cc1ccc(NC(=O)C(=O)Nc2ccc(N)cc2Cl)cc1C. The second-order valence-electron chi connectivity index (χ2n) is 4.95. The van der Waals surface area contributed by atoms with Crippen LogP contribution in [0.3, 0.4) is 0 Å². The van der Waals surface area contributed by atoms with Crippen molar-refractivity contribution in [3.05, 3.63) is 52.5 Å². The molecule has 114 valence electrons. The summed E-state index contributed by atoms with van der Waals surface area (Å²) in [4.78, 5) is 23.8. The van der Waals surface area contributed by atoms with Crippen LogP contribution in [-0.2, 0) is 9.59 Å². The van der Waals surface area contributed by atoms with E-state index in [0.29, 0.717) is 17.1 Å². The first kappa shape index (κ1) is 15.9. The molecule has 2 aromatic carbocycles. The molecule has 4 N–H and O–H groups in total. The lowest BCUT2D eigenvalue weighted by atomic mass is 10.1. The quantitative estimate of drug-likeness (QED) is 0.587. The molecular weight excluding hydrogens is 302 g/mol. The summed E-state index contributed by atoms with van der Waals surface area (Å²) in [7, 11) is 0. The van der Waals surface area contributed by atoms with E-state index >= 15 is 0 Å². The van der Waals surface area contributed by atoms with Gasteiger partial charge in [0.2, 0.25) is 0 Å². The van der Waals surface area contributed by atoms with E-state index in [1.807, 2.05) is 19.9 Å². The number of anilines is 3. The Hall–Kier alpha value is -2.53. The van der Waals surface area contributed by atoms with Crippen LogP contribution in [0.15, 0.2) is 36.4 Å². The van der Waals surface area contributed by atoms with Crippen molar-refractivity contribution < 1.29 is 9.59 Å². The lowest BCUT2D eigenvalue weighted by Gasteiger charge is -2.09. The average molecular weight is 318 g/mol. The summed E-state index contributed by atoms with van der Waals surface area (Å²) in [6.07, 6.45) is 0. The zero-order chi connectivity index (χ0) is 16.3. The maximum Gasteiger partial charge on any atom is 0.314 e. The fourth-order valence-electron chi connectivity index (χ4n) is 1.82. The van der Waals surface area contributed by atoms with Gasteiger partial charge in [0, 0.05) is 11.4 Å². The smallest absolute Gasteiger partial charge is 0.314 e. The molecule has 0 aromatic heterocycles. The van der Waals surface area contributed by atoms with Crippen molar-refractivity contribution in [1.29, 1.82) is 0 Å². The third-order valence-corrected chi connectivity index (χ3v) is 3.53. The fourth-order valence-corrected chi connectivity index (χ4v) is 2.06. The average Bonchev–Trinajstić information content (AvgIpc) is 2.45. The van der Waals surface area contributed by atoms with Crippen LogP contribution in [-0.4, -0.2) is 11.8 Å². The molecule has 0 radical (unpaired) electrons. The number of amides is 2. The summed E-state index contributed by atoms with van der Waals surface area (Å²) in [5, 5.41) is 5.26. The Kier molecular flexibility index (Phi) is 4.68. The Bertz CT molecular complexity index is 744. The number of rotatable bonds is 2. The standard InChI is InChI=1S/C16H16ClN3O2/c1-9-3-5-12(7-10(9)2)19-15(21)16(22)20-14-6-4-11(18)8-13(14)17/h3-8H,18H2,1-2H3,(H,19,21)(H,20,22). The summed E-state index contributed by atoms with van der Waals surface area (Å²) >= 11 is 5.95. The Morgan fingerprint density at radius 2 is 1.64 bits per heavy atom. The highest BCUT2D eigenvalue weighted by Gasteiger charge is 2.15. The van der Waals surface area contributed by atoms with Crippen LogP contribution in [0, 0.1) is 13.8 Å². The first-order valence-corrected chi connectivity index (χ1v) is 6.99. The second kappa shape index (κ2) is 6.49. The van der Waals surface area contributed by atoms with Crippen molar-refractivity contribution in [3.8, 4) is 0 Å². The number of nitrogens with one attached hydrogen (secondary N) is 2. The molecule has 0 aliphatic heterocycles. The molecule has 22 heavy (non-hydrogen) atoms. The Morgan fingerprint density at radius 1 is 0.955 bits per heavy atom. The van der Waals surface area contributed by atoms with Crippen molar-refractivity contribution in [2.45, 2.75) is 13.8 Å². The largest absolute Gasteiger partial charge is 0.399 e. The van der Waals surface area contributed by atoms with Crippen LogP contribution in [0.1, 0.15) is 11.1 Å². The van der Waals surface area contributed by atoms with E-state index in [4.69, 9.17) is 17.3 Å². The zero-order valence-corrected chi connectivity index (χ0v) is 13.0. The van der Waals surface area contributed by atoms with Gasteiger partial charge in [0.1, 0.15) is 0 Å². The van der Waals surface area contributed by atoms with Crippen LogP contribution in [0.5, 0.6) is 0 Å². The monoisotopic (exact) mass is 317 g/mol. The third-order valence-electron chi connectivity index (χ3n) is 3.21. The molecule has 0 fully saturated rings. The van der Waals surface area contributed by atoms with Crippen LogP contribution in [0.25, 0.3) is 0 Å². The molecule has 0 aliphatic carbocycles. The van der Waals surface area contributed by atoms with E-state index in [9.17, 15) is 9.59 Å². The van der Waals surface area contributed by atoms with Gasteiger partial charge in [0.05, 0.1) is 10.7 Å². The molecule has 0 aliphatic rings. The number of hydrogen-bond acceptors (Lipinski definition) is 3. The normalized spacial score (nSPS) is 10.1. The highest BCUT2D eigenvalue weighted by Crippen LogP contribution is 2.24. The summed E-state index contributed by atoms with van der Waals surface area (Å²) in [5.74, 6) is -1.57. The molecule has 0 atom stereocenters. The first-order chi connectivity index (χ1) is 10.4. The molecule has 0 saturated heterocycles. The van der Waals surface area contributed by atoms with Gasteiger partial charge in [-0.25, -0.2) is 0 Å². The van der Waals surface area contributed by atoms with E-state index in [0.717, 1.165) is 11.1 Å². The van der Waals surface area contributed by atoms with Crippen LogP contribution in [0.4, 0.5) is 17.1 Å². The van der Waals surface area contributed by atoms with Gasteiger partial charge in [-0.15, -0.1) is 0 Å². The van der Waals surface area contributed by atoms with Crippen molar-refractivity contribution in [2.75, 3.05) is 16.4 Å². The van der Waals surface area contributed by atoms with Gasteiger partial charge in [0.25, 0.3) is 0 Å². The molecule has 0 saturated carbocycles. The minimum atomic E-state index is -0.801. The topological polar surface area (TPSA) is 84.2 Å². The maximum atomic E-state index is 11.9.